The quantitative estimate of drug-likeness (QED) is 0.911. The monoisotopic (exact) mass is 275 g/mol. The third-order valence-electron chi connectivity index (χ3n) is 3.81. The predicted octanol–water partition coefficient (Wildman–Crippen LogP) is 3.45. The molecule has 0 saturated carbocycles. The van der Waals surface area contributed by atoms with Gasteiger partial charge in [0.1, 0.15) is 17.4 Å². The predicted molar refractivity (Wildman–Crippen MR) is 72.7 cm³/mol. The van der Waals surface area contributed by atoms with Gasteiger partial charge in [-0.1, -0.05) is 18.2 Å². The summed E-state index contributed by atoms with van der Waals surface area (Å²) in [6.07, 6.45) is 0. The first kappa shape index (κ1) is 13.1. The van der Waals surface area contributed by atoms with Gasteiger partial charge in [0, 0.05) is 23.1 Å². The first-order valence-electron chi connectivity index (χ1n) is 6.51. The van der Waals surface area contributed by atoms with Gasteiger partial charge in [0.05, 0.1) is 6.61 Å². The molecule has 0 aromatic heterocycles. The summed E-state index contributed by atoms with van der Waals surface area (Å²) in [6.45, 7) is 1.91. The minimum atomic E-state index is -0.631. The van der Waals surface area contributed by atoms with E-state index in [2.05, 4.69) is 0 Å². The highest BCUT2D eigenvalue weighted by molar-refractivity contribution is 5.42. The standard InChI is InChI=1S/C16H15F2NO/c1-9-6-14(18)11(7-13(9)17)16(19)12-8-20-15-5-3-2-4-10(12)15/h2-7,12,16H,8,19H2,1H3. The van der Waals surface area contributed by atoms with E-state index in [1.807, 2.05) is 24.3 Å². The van der Waals surface area contributed by atoms with E-state index in [0.29, 0.717) is 6.61 Å². The van der Waals surface area contributed by atoms with E-state index in [1.54, 1.807) is 0 Å². The van der Waals surface area contributed by atoms with Crippen LogP contribution in [0.3, 0.4) is 0 Å². The number of hydrogen-bond donors (Lipinski definition) is 1. The van der Waals surface area contributed by atoms with E-state index in [0.717, 1.165) is 11.3 Å². The van der Waals surface area contributed by atoms with Crippen LogP contribution in [0.5, 0.6) is 5.75 Å². The fourth-order valence-electron chi connectivity index (χ4n) is 2.62. The summed E-state index contributed by atoms with van der Waals surface area (Å²) in [6, 6.07) is 9.28. The summed E-state index contributed by atoms with van der Waals surface area (Å²) < 4.78 is 33.2. The smallest absolute Gasteiger partial charge is 0.128 e. The maximum absolute atomic E-state index is 14.0. The number of rotatable bonds is 2. The van der Waals surface area contributed by atoms with Gasteiger partial charge < -0.3 is 10.5 Å². The Balaban J connectivity index is 1.98. The van der Waals surface area contributed by atoms with Crippen LogP contribution in [0, 0.1) is 18.6 Å². The molecule has 1 aliphatic heterocycles. The summed E-state index contributed by atoms with van der Waals surface area (Å²) >= 11 is 0. The second kappa shape index (κ2) is 4.87. The summed E-state index contributed by atoms with van der Waals surface area (Å²) in [5.74, 6) is -0.312. The molecule has 0 spiro atoms. The first-order chi connectivity index (χ1) is 9.58. The minimum Gasteiger partial charge on any atom is -0.493 e. The molecule has 0 fully saturated rings. The molecule has 1 aliphatic rings. The minimum absolute atomic E-state index is 0.164. The molecule has 20 heavy (non-hydrogen) atoms. The normalized spacial score (nSPS) is 18.5. The van der Waals surface area contributed by atoms with Crippen LogP contribution >= 0.6 is 0 Å². The third kappa shape index (κ3) is 2.06. The molecular weight excluding hydrogens is 260 g/mol. The molecule has 1 heterocycles. The van der Waals surface area contributed by atoms with Crippen LogP contribution in [-0.2, 0) is 0 Å². The Bertz CT molecular complexity index is 657. The number of nitrogens with two attached hydrogens (primary N) is 1. The van der Waals surface area contributed by atoms with Crippen molar-refractivity contribution in [2.24, 2.45) is 5.73 Å². The lowest BCUT2D eigenvalue weighted by molar-refractivity contribution is 0.313. The molecule has 104 valence electrons. The largest absolute Gasteiger partial charge is 0.493 e. The molecule has 3 rings (SSSR count). The van der Waals surface area contributed by atoms with Gasteiger partial charge >= 0.3 is 0 Å². The maximum atomic E-state index is 14.0. The van der Waals surface area contributed by atoms with Crippen molar-refractivity contribution in [3.8, 4) is 5.75 Å². The molecule has 2 nitrogen and oxygen atoms in total. The number of ether oxygens (including phenoxy) is 1. The van der Waals surface area contributed by atoms with E-state index >= 15 is 0 Å². The van der Waals surface area contributed by atoms with E-state index in [4.69, 9.17) is 10.5 Å². The Morgan fingerprint density at radius 2 is 1.95 bits per heavy atom. The van der Waals surface area contributed by atoms with Crippen molar-refractivity contribution in [1.82, 2.24) is 0 Å². The van der Waals surface area contributed by atoms with Crippen LogP contribution in [0.1, 0.15) is 28.7 Å². The Morgan fingerprint density at radius 1 is 1.20 bits per heavy atom. The van der Waals surface area contributed by atoms with Gasteiger partial charge in [-0.05, 0) is 30.7 Å². The van der Waals surface area contributed by atoms with E-state index in [1.165, 1.54) is 19.1 Å². The lowest BCUT2D eigenvalue weighted by Gasteiger charge is -2.20. The molecule has 2 unspecified atom stereocenters. The second-order valence-corrected chi connectivity index (χ2v) is 5.10. The van der Waals surface area contributed by atoms with Crippen molar-refractivity contribution in [2.45, 2.75) is 18.9 Å². The van der Waals surface area contributed by atoms with Crippen LogP contribution < -0.4 is 10.5 Å². The molecule has 2 N–H and O–H groups in total. The van der Waals surface area contributed by atoms with Gasteiger partial charge in [0.2, 0.25) is 0 Å². The summed E-state index contributed by atoms with van der Waals surface area (Å²) in [5.41, 5.74) is 7.57. The summed E-state index contributed by atoms with van der Waals surface area (Å²) in [7, 11) is 0. The molecule has 2 aromatic carbocycles. The maximum Gasteiger partial charge on any atom is 0.128 e. The first-order valence-corrected chi connectivity index (χ1v) is 6.51. The number of benzene rings is 2. The zero-order valence-electron chi connectivity index (χ0n) is 11.1. The Hall–Kier alpha value is -1.94. The van der Waals surface area contributed by atoms with Gasteiger partial charge in [-0.15, -0.1) is 0 Å². The summed E-state index contributed by atoms with van der Waals surface area (Å²) in [4.78, 5) is 0. The highest BCUT2D eigenvalue weighted by Gasteiger charge is 2.31. The lowest BCUT2D eigenvalue weighted by atomic mass is 9.88. The van der Waals surface area contributed by atoms with Crippen LogP contribution in [0.15, 0.2) is 36.4 Å². The van der Waals surface area contributed by atoms with E-state index in [-0.39, 0.29) is 17.0 Å². The number of fused-ring (bicyclic) bond motifs is 1. The molecule has 2 aromatic rings. The second-order valence-electron chi connectivity index (χ2n) is 5.10. The van der Waals surface area contributed by atoms with Crippen molar-refractivity contribution < 1.29 is 13.5 Å². The average molecular weight is 275 g/mol. The third-order valence-corrected chi connectivity index (χ3v) is 3.81. The number of halogens is 2. The molecule has 4 heteroatoms. The molecule has 0 saturated heterocycles. The molecule has 0 bridgehead atoms. The van der Waals surface area contributed by atoms with Crippen LogP contribution in [-0.4, -0.2) is 6.61 Å². The van der Waals surface area contributed by atoms with Gasteiger partial charge in [-0.25, -0.2) is 8.78 Å². The van der Waals surface area contributed by atoms with Crippen molar-refractivity contribution >= 4 is 0 Å². The highest BCUT2D eigenvalue weighted by Crippen LogP contribution is 2.40. The Morgan fingerprint density at radius 3 is 2.75 bits per heavy atom. The number of aryl methyl sites for hydroxylation is 1. The molecule has 0 aliphatic carbocycles. The fourth-order valence-corrected chi connectivity index (χ4v) is 2.62. The van der Waals surface area contributed by atoms with E-state index < -0.39 is 17.7 Å². The Labute approximate surface area is 116 Å². The molecule has 0 amide bonds. The number of para-hydroxylation sites is 1. The van der Waals surface area contributed by atoms with Crippen molar-refractivity contribution in [1.29, 1.82) is 0 Å². The van der Waals surface area contributed by atoms with Crippen LogP contribution in [0.4, 0.5) is 8.78 Å². The molecular formula is C16H15F2NO. The zero-order valence-corrected chi connectivity index (χ0v) is 11.1. The Kier molecular flexibility index (Phi) is 3.18. The van der Waals surface area contributed by atoms with Gasteiger partial charge in [0.25, 0.3) is 0 Å². The van der Waals surface area contributed by atoms with Gasteiger partial charge in [-0.3, -0.25) is 0 Å². The number of hydrogen-bond acceptors (Lipinski definition) is 2. The summed E-state index contributed by atoms with van der Waals surface area (Å²) in [5, 5.41) is 0. The average Bonchev–Trinajstić information content (AvgIpc) is 2.86. The topological polar surface area (TPSA) is 35.2 Å². The van der Waals surface area contributed by atoms with Crippen molar-refractivity contribution in [3.05, 3.63) is 64.7 Å². The molecule has 2 atom stereocenters. The van der Waals surface area contributed by atoms with Crippen LogP contribution in [0.2, 0.25) is 0 Å². The molecule has 0 radical (unpaired) electrons. The fraction of sp³-hybridized carbons (Fsp3) is 0.250. The van der Waals surface area contributed by atoms with Crippen LogP contribution in [0.25, 0.3) is 0 Å². The van der Waals surface area contributed by atoms with Crippen molar-refractivity contribution in [2.75, 3.05) is 6.61 Å². The van der Waals surface area contributed by atoms with Gasteiger partial charge in [0.15, 0.2) is 0 Å². The highest BCUT2D eigenvalue weighted by atomic mass is 19.1. The SMILES string of the molecule is Cc1cc(F)c(C(N)C2COc3ccccc32)cc1F. The lowest BCUT2D eigenvalue weighted by Crippen LogP contribution is -2.22. The zero-order chi connectivity index (χ0) is 14.3. The van der Waals surface area contributed by atoms with Crippen molar-refractivity contribution in [3.63, 3.8) is 0 Å². The van der Waals surface area contributed by atoms with Gasteiger partial charge in [-0.2, -0.15) is 0 Å². The van der Waals surface area contributed by atoms with E-state index in [9.17, 15) is 8.78 Å².